The first-order valence-electron chi connectivity index (χ1n) is 16.4. The van der Waals surface area contributed by atoms with E-state index in [-0.39, 0.29) is 79.6 Å². The van der Waals surface area contributed by atoms with Gasteiger partial charge in [0, 0.05) is 62.8 Å². The van der Waals surface area contributed by atoms with Crippen molar-refractivity contribution in [3.05, 3.63) is 113 Å². The average molecular weight is 749 g/mol. The standard InChI is InChI=1S/C37H40F3N5O4.2ClH/c1-3-48-36-41-33(47-2)30(34(42-36)49-25-37(38,39)40)23-43-21-29-22-44(35(46)28-17-11-6-12-18-28)19-20-45(29)31(24-43)32(26-13-7-4-8-14-26)27-15-9-5-10-16-27;;/h4-18,29,31-32H,3,19-25H2,1-2H3;2*1H/t29-,31?;;/m1../s1. The van der Waals surface area contributed by atoms with Gasteiger partial charge >= 0.3 is 12.2 Å². The molecule has 3 aromatic carbocycles. The molecule has 2 fully saturated rings. The summed E-state index contributed by atoms with van der Waals surface area (Å²) in [5, 5.41) is 0. The fourth-order valence-electron chi connectivity index (χ4n) is 6.96. The van der Waals surface area contributed by atoms with Crippen molar-refractivity contribution in [2.75, 3.05) is 53.0 Å². The summed E-state index contributed by atoms with van der Waals surface area (Å²) in [6.07, 6.45) is -4.58. The van der Waals surface area contributed by atoms with Crippen molar-refractivity contribution in [3.8, 4) is 17.8 Å². The van der Waals surface area contributed by atoms with E-state index in [0.29, 0.717) is 43.9 Å². The number of aromatic nitrogens is 2. The average Bonchev–Trinajstić information content (AvgIpc) is 3.12. The van der Waals surface area contributed by atoms with Crippen molar-refractivity contribution in [2.24, 2.45) is 0 Å². The van der Waals surface area contributed by atoms with Crippen LogP contribution in [0.15, 0.2) is 91.0 Å². The van der Waals surface area contributed by atoms with Crippen LogP contribution >= 0.6 is 24.8 Å². The zero-order valence-electron chi connectivity index (χ0n) is 28.4. The Hall–Kier alpha value is -4.10. The van der Waals surface area contributed by atoms with Crippen LogP contribution in [0.25, 0.3) is 0 Å². The highest BCUT2D eigenvalue weighted by molar-refractivity contribution is 5.94. The number of alkyl halides is 3. The summed E-state index contributed by atoms with van der Waals surface area (Å²) < 4.78 is 56.3. The van der Waals surface area contributed by atoms with Crippen LogP contribution < -0.4 is 14.2 Å². The van der Waals surface area contributed by atoms with Crippen LogP contribution in [-0.2, 0) is 6.54 Å². The van der Waals surface area contributed by atoms with Crippen molar-refractivity contribution in [1.82, 2.24) is 24.7 Å². The molecule has 3 heterocycles. The van der Waals surface area contributed by atoms with Gasteiger partial charge in [0.15, 0.2) is 6.61 Å². The Labute approximate surface area is 308 Å². The molecule has 2 saturated heterocycles. The summed E-state index contributed by atoms with van der Waals surface area (Å²) in [6.45, 7) is 3.44. The molecular weight excluding hydrogens is 706 g/mol. The first-order chi connectivity index (χ1) is 23.7. The van der Waals surface area contributed by atoms with E-state index in [0.717, 1.165) is 11.1 Å². The molecule has 2 aliphatic heterocycles. The molecule has 0 spiro atoms. The van der Waals surface area contributed by atoms with Crippen LogP contribution in [-0.4, -0.2) is 102 Å². The molecule has 9 nitrogen and oxygen atoms in total. The van der Waals surface area contributed by atoms with Gasteiger partial charge in [-0.15, -0.1) is 24.8 Å². The number of methoxy groups -OCH3 is 1. The van der Waals surface area contributed by atoms with Crippen molar-refractivity contribution < 1.29 is 32.2 Å². The van der Waals surface area contributed by atoms with Gasteiger partial charge in [-0.1, -0.05) is 78.9 Å². The quantitative estimate of drug-likeness (QED) is 0.172. The lowest BCUT2D eigenvalue weighted by Gasteiger charge is -2.53. The van der Waals surface area contributed by atoms with E-state index in [2.05, 4.69) is 44.0 Å². The Kier molecular flexibility index (Phi) is 13.9. The van der Waals surface area contributed by atoms with Gasteiger partial charge in [0.2, 0.25) is 11.8 Å². The Morgan fingerprint density at radius 1 is 0.824 bits per heavy atom. The van der Waals surface area contributed by atoms with E-state index in [1.807, 2.05) is 71.6 Å². The van der Waals surface area contributed by atoms with Crippen molar-refractivity contribution in [2.45, 2.75) is 37.6 Å². The molecule has 1 amide bonds. The summed E-state index contributed by atoms with van der Waals surface area (Å²) in [7, 11) is 1.41. The monoisotopic (exact) mass is 747 g/mol. The number of fused-ring (bicyclic) bond motifs is 1. The molecule has 0 bridgehead atoms. The largest absolute Gasteiger partial charge is 0.481 e. The number of benzene rings is 3. The molecule has 0 saturated carbocycles. The number of piperazine rings is 2. The Morgan fingerprint density at radius 2 is 1.41 bits per heavy atom. The second kappa shape index (κ2) is 17.9. The first kappa shape index (κ1) is 39.7. The first-order valence-corrected chi connectivity index (χ1v) is 16.4. The number of nitrogens with zero attached hydrogens (tertiary/aromatic N) is 5. The molecule has 51 heavy (non-hydrogen) atoms. The summed E-state index contributed by atoms with van der Waals surface area (Å²) in [6, 6.07) is 29.7. The van der Waals surface area contributed by atoms with Crippen molar-refractivity contribution in [3.63, 3.8) is 0 Å². The van der Waals surface area contributed by atoms with Gasteiger partial charge < -0.3 is 19.1 Å². The highest BCUT2D eigenvalue weighted by Crippen LogP contribution is 2.38. The number of amides is 1. The van der Waals surface area contributed by atoms with E-state index in [1.165, 1.54) is 7.11 Å². The van der Waals surface area contributed by atoms with Crippen LogP contribution in [0, 0.1) is 0 Å². The van der Waals surface area contributed by atoms with Gasteiger partial charge in [-0.3, -0.25) is 14.6 Å². The predicted molar refractivity (Wildman–Crippen MR) is 192 cm³/mol. The molecule has 0 aliphatic carbocycles. The number of carbonyl (C=O) groups is 1. The van der Waals surface area contributed by atoms with Crippen molar-refractivity contribution >= 4 is 30.7 Å². The van der Waals surface area contributed by atoms with Crippen LogP contribution in [0.1, 0.15) is 39.9 Å². The van der Waals surface area contributed by atoms with Crippen LogP contribution in [0.2, 0.25) is 0 Å². The third-order valence-corrected chi connectivity index (χ3v) is 9.01. The van der Waals surface area contributed by atoms with E-state index in [1.54, 1.807) is 6.92 Å². The zero-order chi connectivity index (χ0) is 34.4. The molecular formula is C37H42Cl2F3N5O4. The van der Waals surface area contributed by atoms with Gasteiger partial charge in [0.1, 0.15) is 0 Å². The molecule has 0 N–H and O–H groups in total. The lowest BCUT2D eigenvalue weighted by molar-refractivity contribution is -0.154. The third-order valence-electron chi connectivity index (χ3n) is 9.01. The fourth-order valence-corrected chi connectivity index (χ4v) is 6.96. The van der Waals surface area contributed by atoms with E-state index < -0.39 is 12.8 Å². The Balaban J connectivity index is 0.00000292. The minimum Gasteiger partial charge on any atom is -0.481 e. The molecule has 14 heteroatoms. The summed E-state index contributed by atoms with van der Waals surface area (Å²) >= 11 is 0. The topological polar surface area (TPSA) is 80.3 Å². The maximum atomic E-state index is 13.6. The molecule has 2 aliphatic rings. The second-order valence-corrected chi connectivity index (χ2v) is 12.2. The van der Waals surface area contributed by atoms with Gasteiger partial charge in [-0.2, -0.15) is 23.1 Å². The lowest BCUT2D eigenvalue weighted by atomic mass is 9.81. The molecule has 4 aromatic rings. The number of carbonyl (C=O) groups excluding carboxylic acids is 1. The maximum Gasteiger partial charge on any atom is 0.422 e. The lowest BCUT2D eigenvalue weighted by Crippen LogP contribution is -2.67. The Morgan fingerprint density at radius 3 is 1.98 bits per heavy atom. The normalized spacial score (nSPS) is 17.9. The van der Waals surface area contributed by atoms with Crippen molar-refractivity contribution in [1.29, 1.82) is 0 Å². The van der Waals surface area contributed by atoms with E-state index in [9.17, 15) is 18.0 Å². The molecule has 1 aromatic heterocycles. The molecule has 0 radical (unpaired) electrons. The molecule has 1 unspecified atom stereocenters. The minimum absolute atomic E-state index is 0. The van der Waals surface area contributed by atoms with Gasteiger partial charge in [-0.05, 0) is 30.2 Å². The van der Waals surface area contributed by atoms with Crippen LogP contribution in [0.4, 0.5) is 13.2 Å². The predicted octanol–water partition coefficient (Wildman–Crippen LogP) is 6.51. The number of hydrogen-bond donors (Lipinski definition) is 0. The highest BCUT2D eigenvalue weighted by atomic mass is 35.5. The zero-order valence-corrected chi connectivity index (χ0v) is 30.0. The van der Waals surface area contributed by atoms with Gasteiger partial charge in [-0.25, -0.2) is 0 Å². The number of rotatable bonds is 11. The van der Waals surface area contributed by atoms with E-state index >= 15 is 0 Å². The van der Waals surface area contributed by atoms with Crippen LogP contribution in [0.3, 0.4) is 0 Å². The summed E-state index contributed by atoms with van der Waals surface area (Å²) in [5.41, 5.74) is 3.23. The van der Waals surface area contributed by atoms with Crippen LogP contribution in [0.5, 0.6) is 17.8 Å². The minimum atomic E-state index is -4.58. The number of halogens is 5. The fraction of sp³-hybridized carbons (Fsp3) is 0.378. The maximum absolute atomic E-state index is 13.6. The third kappa shape index (κ3) is 9.62. The highest BCUT2D eigenvalue weighted by Gasteiger charge is 2.43. The number of ether oxygens (including phenoxy) is 3. The number of hydrogen-bond acceptors (Lipinski definition) is 8. The molecule has 2 atom stereocenters. The van der Waals surface area contributed by atoms with E-state index in [4.69, 9.17) is 14.2 Å². The summed E-state index contributed by atoms with van der Waals surface area (Å²) in [4.78, 5) is 28.8. The Bertz CT molecular complexity index is 1650. The summed E-state index contributed by atoms with van der Waals surface area (Å²) in [5.74, 6) is -0.204. The molecule has 274 valence electrons. The SMILES string of the molecule is CCOc1nc(OC)c(CN2CC(C(c3ccccc3)c3ccccc3)N3CCN(C(=O)c4ccccc4)C[C@H]3C2)c(OCC(F)(F)F)n1.Cl.Cl. The van der Waals surface area contributed by atoms with Gasteiger partial charge in [0.25, 0.3) is 5.91 Å². The van der Waals surface area contributed by atoms with Gasteiger partial charge in [0.05, 0.1) is 19.3 Å². The smallest absolute Gasteiger partial charge is 0.422 e. The molecule has 6 rings (SSSR count). The second-order valence-electron chi connectivity index (χ2n) is 12.2.